The highest BCUT2D eigenvalue weighted by Crippen LogP contribution is 2.30. The molecule has 1 fully saturated rings. The number of fused-ring (bicyclic) bond motifs is 3. The average Bonchev–Trinajstić information content (AvgIpc) is 2.97. The zero-order chi connectivity index (χ0) is 17.4. The standard InChI is InChI=1S/C21H28N2O2/c1-21(2)12-15(9-10-25-21)20(24)22-13-14-7-8-19-17(11-14)16-5-3-4-6-18(16)23-19/h7-8,11,15,23H,3-6,9-10,12-13H2,1-2H3,(H,22,24)/t15-/m1/s1. The number of nitrogens with one attached hydrogen (secondary N) is 2. The number of H-pyrrole nitrogens is 1. The van der Waals surface area contributed by atoms with Gasteiger partial charge in [-0.2, -0.15) is 0 Å². The Labute approximate surface area is 149 Å². The lowest BCUT2D eigenvalue weighted by Gasteiger charge is -2.34. The van der Waals surface area contributed by atoms with Crippen molar-refractivity contribution in [2.45, 2.75) is 64.5 Å². The van der Waals surface area contributed by atoms with Gasteiger partial charge in [0, 0.05) is 35.7 Å². The molecule has 1 saturated heterocycles. The molecule has 2 heterocycles. The minimum atomic E-state index is -0.191. The number of carbonyl (C=O) groups excluding carboxylic acids is 1. The van der Waals surface area contributed by atoms with Gasteiger partial charge in [-0.05, 0) is 75.6 Å². The maximum atomic E-state index is 12.5. The topological polar surface area (TPSA) is 54.1 Å². The second-order valence-electron chi connectivity index (χ2n) is 8.18. The fourth-order valence-electron chi connectivity index (χ4n) is 4.35. The van der Waals surface area contributed by atoms with Crippen molar-refractivity contribution in [1.82, 2.24) is 10.3 Å². The SMILES string of the molecule is CC1(C)C[C@H](C(=O)NCc2ccc3[nH]c4c(c3c2)CCCC4)CCO1. The van der Waals surface area contributed by atoms with Crippen LogP contribution in [0.3, 0.4) is 0 Å². The van der Waals surface area contributed by atoms with Crippen LogP contribution in [-0.2, 0) is 28.9 Å². The molecule has 134 valence electrons. The normalized spacial score (nSPS) is 22.6. The molecule has 1 aromatic heterocycles. The van der Waals surface area contributed by atoms with E-state index in [-0.39, 0.29) is 17.4 Å². The zero-order valence-corrected chi connectivity index (χ0v) is 15.3. The number of amides is 1. The molecule has 0 unspecified atom stereocenters. The molecule has 0 bridgehead atoms. The van der Waals surface area contributed by atoms with Gasteiger partial charge in [-0.3, -0.25) is 4.79 Å². The summed E-state index contributed by atoms with van der Waals surface area (Å²) in [7, 11) is 0. The molecule has 0 saturated carbocycles. The first kappa shape index (κ1) is 16.6. The molecule has 25 heavy (non-hydrogen) atoms. The lowest BCUT2D eigenvalue weighted by atomic mass is 9.88. The van der Waals surface area contributed by atoms with Crippen molar-refractivity contribution in [3.05, 3.63) is 35.0 Å². The Kier molecular flexibility index (Phi) is 4.32. The average molecular weight is 340 g/mol. The maximum absolute atomic E-state index is 12.5. The van der Waals surface area contributed by atoms with E-state index in [2.05, 4.69) is 42.3 Å². The van der Waals surface area contributed by atoms with Gasteiger partial charge in [0.25, 0.3) is 0 Å². The largest absolute Gasteiger partial charge is 0.376 e. The number of hydrogen-bond acceptors (Lipinski definition) is 2. The van der Waals surface area contributed by atoms with Gasteiger partial charge in [-0.15, -0.1) is 0 Å². The Morgan fingerprint density at radius 3 is 3.00 bits per heavy atom. The summed E-state index contributed by atoms with van der Waals surface area (Å²) in [5.41, 5.74) is 5.11. The maximum Gasteiger partial charge on any atom is 0.223 e. The Hall–Kier alpha value is -1.81. The molecule has 4 nitrogen and oxygen atoms in total. The molecule has 2 aliphatic rings. The van der Waals surface area contributed by atoms with E-state index in [1.54, 1.807) is 0 Å². The van der Waals surface area contributed by atoms with Crippen LogP contribution in [-0.4, -0.2) is 23.1 Å². The first-order valence-electron chi connectivity index (χ1n) is 9.56. The summed E-state index contributed by atoms with van der Waals surface area (Å²) < 4.78 is 5.72. The van der Waals surface area contributed by atoms with Crippen LogP contribution in [0.2, 0.25) is 0 Å². The summed E-state index contributed by atoms with van der Waals surface area (Å²) in [6.07, 6.45) is 6.51. The highest BCUT2D eigenvalue weighted by Gasteiger charge is 2.32. The van der Waals surface area contributed by atoms with Crippen LogP contribution in [0.25, 0.3) is 10.9 Å². The summed E-state index contributed by atoms with van der Waals surface area (Å²) in [5, 5.41) is 4.48. The first-order valence-corrected chi connectivity index (χ1v) is 9.56. The highest BCUT2D eigenvalue weighted by molar-refractivity contribution is 5.86. The van der Waals surface area contributed by atoms with Gasteiger partial charge in [0.05, 0.1) is 5.60 Å². The second kappa shape index (κ2) is 6.49. The van der Waals surface area contributed by atoms with Gasteiger partial charge in [0.1, 0.15) is 0 Å². The third-order valence-corrected chi connectivity index (χ3v) is 5.70. The number of carbonyl (C=O) groups is 1. The molecule has 0 spiro atoms. The van der Waals surface area contributed by atoms with Crippen LogP contribution in [0.15, 0.2) is 18.2 Å². The lowest BCUT2D eigenvalue weighted by molar-refractivity contribution is -0.135. The summed E-state index contributed by atoms with van der Waals surface area (Å²) >= 11 is 0. The number of benzene rings is 1. The second-order valence-corrected chi connectivity index (χ2v) is 8.18. The van der Waals surface area contributed by atoms with Gasteiger partial charge in [0.2, 0.25) is 5.91 Å². The lowest BCUT2D eigenvalue weighted by Crippen LogP contribution is -2.41. The molecule has 2 aromatic rings. The van der Waals surface area contributed by atoms with E-state index in [1.807, 2.05) is 0 Å². The van der Waals surface area contributed by atoms with E-state index < -0.39 is 0 Å². The Morgan fingerprint density at radius 2 is 2.16 bits per heavy atom. The summed E-state index contributed by atoms with van der Waals surface area (Å²) in [4.78, 5) is 16.1. The molecular weight excluding hydrogens is 312 g/mol. The number of hydrogen-bond donors (Lipinski definition) is 2. The third-order valence-electron chi connectivity index (χ3n) is 5.70. The predicted octanol–water partition coefficient (Wildman–Crippen LogP) is 3.87. The zero-order valence-electron chi connectivity index (χ0n) is 15.3. The number of aromatic nitrogens is 1. The van der Waals surface area contributed by atoms with E-state index >= 15 is 0 Å². The third kappa shape index (κ3) is 3.45. The molecule has 1 aliphatic heterocycles. The Balaban J connectivity index is 1.45. The summed E-state index contributed by atoms with van der Waals surface area (Å²) in [5.74, 6) is 0.222. The van der Waals surface area contributed by atoms with Crippen molar-refractivity contribution in [2.24, 2.45) is 5.92 Å². The Morgan fingerprint density at radius 1 is 1.32 bits per heavy atom. The summed E-state index contributed by atoms with van der Waals surface area (Å²) in [6.45, 7) is 5.41. The van der Waals surface area contributed by atoms with E-state index in [9.17, 15) is 4.79 Å². The predicted molar refractivity (Wildman–Crippen MR) is 99.5 cm³/mol. The van der Waals surface area contributed by atoms with Crippen molar-refractivity contribution in [1.29, 1.82) is 0 Å². The van der Waals surface area contributed by atoms with Gasteiger partial charge >= 0.3 is 0 Å². The molecular formula is C21H28N2O2. The van der Waals surface area contributed by atoms with E-state index in [0.29, 0.717) is 13.2 Å². The van der Waals surface area contributed by atoms with Crippen LogP contribution < -0.4 is 5.32 Å². The molecule has 1 aliphatic carbocycles. The van der Waals surface area contributed by atoms with Crippen molar-refractivity contribution in [3.63, 3.8) is 0 Å². The van der Waals surface area contributed by atoms with Gasteiger partial charge < -0.3 is 15.0 Å². The Bertz CT molecular complexity index is 791. The molecule has 1 amide bonds. The van der Waals surface area contributed by atoms with Gasteiger partial charge in [0.15, 0.2) is 0 Å². The first-order chi connectivity index (χ1) is 12.0. The van der Waals surface area contributed by atoms with E-state index in [1.165, 1.54) is 47.0 Å². The number of ether oxygens (including phenoxy) is 1. The molecule has 0 radical (unpaired) electrons. The van der Waals surface area contributed by atoms with Gasteiger partial charge in [-0.1, -0.05) is 6.07 Å². The number of aromatic amines is 1. The fourth-order valence-corrected chi connectivity index (χ4v) is 4.35. The quantitative estimate of drug-likeness (QED) is 0.891. The molecule has 1 aromatic carbocycles. The molecule has 1 atom stereocenters. The molecule has 4 heteroatoms. The van der Waals surface area contributed by atoms with Crippen LogP contribution in [0.4, 0.5) is 0 Å². The highest BCUT2D eigenvalue weighted by atomic mass is 16.5. The summed E-state index contributed by atoms with van der Waals surface area (Å²) in [6, 6.07) is 6.54. The van der Waals surface area contributed by atoms with Crippen molar-refractivity contribution < 1.29 is 9.53 Å². The molecule has 4 rings (SSSR count). The van der Waals surface area contributed by atoms with Crippen molar-refractivity contribution >= 4 is 16.8 Å². The minimum absolute atomic E-state index is 0.0625. The van der Waals surface area contributed by atoms with E-state index in [4.69, 9.17) is 4.74 Å². The smallest absolute Gasteiger partial charge is 0.223 e. The van der Waals surface area contributed by atoms with Crippen molar-refractivity contribution in [3.8, 4) is 0 Å². The van der Waals surface area contributed by atoms with Crippen LogP contribution >= 0.6 is 0 Å². The van der Waals surface area contributed by atoms with Gasteiger partial charge in [-0.25, -0.2) is 0 Å². The monoisotopic (exact) mass is 340 g/mol. The van der Waals surface area contributed by atoms with Crippen LogP contribution in [0.5, 0.6) is 0 Å². The van der Waals surface area contributed by atoms with Crippen molar-refractivity contribution in [2.75, 3.05) is 6.61 Å². The van der Waals surface area contributed by atoms with Crippen LogP contribution in [0.1, 0.15) is 56.4 Å². The van der Waals surface area contributed by atoms with Crippen LogP contribution in [0, 0.1) is 5.92 Å². The van der Waals surface area contributed by atoms with E-state index in [0.717, 1.165) is 19.3 Å². The number of aryl methyl sites for hydroxylation is 2. The fraction of sp³-hybridized carbons (Fsp3) is 0.571. The molecule has 2 N–H and O–H groups in total. The number of rotatable bonds is 3. The minimum Gasteiger partial charge on any atom is -0.376 e.